The van der Waals surface area contributed by atoms with E-state index in [-0.39, 0.29) is 6.10 Å². The molecule has 2 aromatic carbocycles. The zero-order valence-electron chi connectivity index (χ0n) is 11.9. The van der Waals surface area contributed by atoms with Crippen LogP contribution in [0.4, 0.5) is 0 Å². The minimum atomic E-state index is 0.0601. The van der Waals surface area contributed by atoms with Crippen LogP contribution in [0.1, 0.15) is 17.5 Å². The molecule has 3 rings (SSSR count). The molecule has 3 nitrogen and oxygen atoms in total. The molecule has 114 valence electrons. The van der Waals surface area contributed by atoms with Crippen molar-refractivity contribution in [2.75, 3.05) is 6.54 Å². The third-order valence-corrected chi connectivity index (χ3v) is 3.99. The van der Waals surface area contributed by atoms with Crippen molar-refractivity contribution in [1.82, 2.24) is 5.32 Å². The van der Waals surface area contributed by atoms with Crippen molar-refractivity contribution in [2.45, 2.75) is 19.1 Å². The number of hydrogen-bond donors (Lipinski definition) is 1. The standard InChI is InChI=1S/C17H16Cl2N2O/c18-14-6-4-13(5-7-14)17-9-16(22-21-17)11-20-10-12-2-1-3-15(19)8-12/h1-8,16,20H,9-11H2/t16-/m0/s1. The van der Waals surface area contributed by atoms with Gasteiger partial charge < -0.3 is 10.2 Å². The predicted molar refractivity (Wildman–Crippen MR) is 90.6 cm³/mol. The maximum Gasteiger partial charge on any atom is 0.145 e. The van der Waals surface area contributed by atoms with Crippen molar-refractivity contribution >= 4 is 28.9 Å². The molecule has 1 aliphatic heterocycles. The van der Waals surface area contributed by atoms with Gasteiger partial charge in [0.1, 0.15) is 6.10 Å². The van der Waals surface area contributed by atoms with Gasteiger partial charge in [-0.1, -0.05) is 52.6 Å². The molecule has 1 aliphatic rings. The summed E-state index contributed by atoms with van der Waals surface area (Å²) >= 11 is 11.9. The molecule has 0 radical (unpaired) electrons. The largest absolute Gasteiger partial charge is 0.390 e. The number of rotatable bonds is 5. The van der Waals surface area contributed by atoms with Crippen LogP contribution in [0.3, 0.4) is 0 Å². The fourth-order valence-corrected chi connectivity index (χ4v) is 2.71. The summed E-state index contributed by atoms with van der Waals surface area (Å²) in [6.45, 7) is 1.50. The highest BCUT2D eigenvalue weighted by Gasteiger charge is 2.21. The third-order valence-electron chi connectivity index (χ3n) is 3.50. The van der Waals surface area contributed by atoms with E-state index in [1.807, 2.05) is 48.5 Å². The molecule has 0 aromatic heterocycles. The lowest BCUT2D eigenvalue weighted by molar-refractivity contribution is 0.0848. The van der Waals surface area contributed by atoms with Gasteiger partial charge in [-0.2, -0.15) is 0 Å². The van der Waals surface area contributed by atoms with Gasteiger partial charge in [-0.05, 0) is 35.4 Å². The van der Waals surface area contributed by atoms with E-state index in [9.17, 15) is 0 Å². The Morgan fingerprint density at radius 1 is 1.09 bits per heavy atom. The van der Waals surface area contributed by atoms with Crippen molar-refractivity contribution in [3.63, 3.8) is 0 Å². The molecule has 1 atom stereocenters. The number of halogens is 2. The average molecular weight is 335 g/mol. The summed E-state index contributed by atoms with van der Waals surface area (Å²) in [5, 5.41) is 9.02. The molecule has 1 N–H and O–H groups in total. The Balaban J connectivity index is 1.47. The van der Waals surface area contributed by atoms with Crippen LogP contribution in [-0.4, -0.2) is 18.4 Å². The van der Waals surface area contributed by atoms with Gasteiger partial charge in [-0.25, -0.2) is 0 Å². The van der Waals surface area contributed by atoms with Gasteiger partial charge in [0.25, 0.3) is 0 Å². The Morgan fingerprint density at radius 3 is 2.68 bits per heavy atom. The van der Waals surface area contributed by atoms with Gasteiger partial charge in [0.2, 0.25) is 0 Å². The van der Waals surface area contributed by atoms with Crippen LogP contribution in [0.5, 0.6) is 0 Å². The maximum atomic E-state index is 5.97. The maximum absolute atomic E-state index is 5.97. The highest BCUT2D eigenvalue weighted by atomic mass is 35.5. The Kier molecular flexibility index (Phi) is 4.98. The predicted octanol–water partition coefficient (Wildman–Crippen LogP) is 4.28. The van der Waals surface area contributed by atoms with Crippen LogP contribution >= 0.6 is 23.2 Å². The van der Waals surface area contributed by atoms with E-state index in [4.69, 9.17) is 28.0 Å². The van der Waals surface area contributed by atoms with Gasteiger partial charge >= 0.3 is 0 Å². The van der Waals surface area contributed by atoms with Crippen LogP contribution in [0, 0.1) is 0 Å². The van der Waals surface area contributed by atoms with Gasteiger partial charge in [0.15, 0.2) is 0 Å². The normalized spacial score (nSPS) is 17.2. The summed E-state index contributed by atoms with van der Waals surface area (Å²) in [6, 6.07) is 15.5. The second-order valence-electron chi connectivity index (χ2n) is 5.24. The quantitative estimate of drug-likeness (QED) is 0.885. The second kappa shape index (κ2) is 7.14. The van der Waals surface area contributed by atoms with Crippen LogP contribution in [0.2, 0.25) is 10.0 Å². The Bertz CT molecular complexity index is 671. The lowest BCUT2D eigenvalue weighted by atomic mass is 10.1. The van der Waals surface area contributed by atoms with Crippen molar-refractivity contribution in [3.8, 4) is 0 Å². The number of benzene rings is 2. The zero-order chi connectivity index (χ0) is 15.4. The van der Waals surface area contributed by atoms with Crippen molar-refractivity contribution in [2.24, 2.45) is 5.16 Å². The average Bonchev–Trinajstić information content (AvgIpc) is 2.97. The van der Waals surface area contributed by atoms with Crippen molar-refractivity contribution in [3.05, 3.63) is 69.7 Å². The first-order chi connectivity index (χ1) is 10.7. The van der Waals surface area contributed by atoms with Gasteiger partial charge in [-0.3, -0.25) is 0 Å². The summed E-state index contributed by atoms with van der Waals surface area (Å²) in [5.74, 6) is 0. The number of oxime groups is 1. The molecule has 2 aromatic rings. The smallest absolute Gasteiger partial charge is 0.145 e. The molecular formula is C17H16Cl2N2O. The van der Waals surface area contributed by atoms with Gasteiger partial charge in [0, 0.05) is 29.6 Å². The van der Waals surface area contributed by atoms with E-state index < -0.39 is 0 Å². The van der Waals surface area contributed by atoms with E-state index in [1.54, 1.807) is 0 Å². The first-order valence-corrected chi connectivity index (χ1v) is 7.90. The van der Waals surface area contributed by atoms with Crippen LogP contribution in [0.15, 0.2) is 53.7 Å². The molecule has 0 saturated carbocycles. The molecule has 5 heteroatoms. The summed E-state index contributed by atoms with van der Waals surface area (Å²) in [5.41, 5.74) is 3.18. The van der Waals surface area contributed by atoms with Crippen LogP contribution < -0.4 is 5.32 Å². The fraction of sp³-hybridized carbons (Fsp3) is 0.235. The zero-order valence-corrected chi connectivity index (χ0v) is 13.4. The Hall–Kier alpha value is -1.55. The SMILES string of the molecule is Clc1ccc(C2=NO[C@H](CNCc3cccc(Cl)c3)C2)cc1. The Labute approximate surface area is 139 Å². The van der Waals surface area contributed by atoms with Crippen LogP contribution in [0.25, 0.3) is 0 Å². The first-order valence-electron chi connectivity index (χ1n) is 7.14. The molecule has 1 heterocycles. The Morgan fingerprint density at radius 2 is 1.91 bits per heavy atom. The molecule has 0 amide bonds. The van der Waals surface area contributed by atoms with Gasteiger partial charge in [-0.15, -0.1) is 0 Å². The molecule has 22 heavy (non-hydrogen) atoms. The lowest BCUT2D eigenvalue weighted by Gasteiger charge is -2.10. The second-order valence-corrected chi connectivity index (χ2v) is 6.11. The van der Waals surface area contributed by atoms with E-state index in [0.717, 1.165) is 46.4 Å². The summed E-state index contributed by atoms with van der Waals surface area (Å²) in [7, 11) is 0. The minimum absolute atomic E-state index is 0.0601. The number of nitrogens with zero attached hydrogens (tertiary/aromatic N) is 1. The molecule has 0 spiro atoms. The van der Waals surface area contributed by atoms with E-state index in [0.29, 0.717) is 0 Å². The highest BCUT2D eigenvalue weighted by Crippen LogP contribution is 2.18. The lowest BCUT2D eigenvalue weighted by Crippen LogP contribution is -2.26. The summed E-state index contributed by atoms with van der Waals surface area (Å²) < 4.78 is 0. The highest BCUT2D eigenvalue weighted by molar-refractivity contribution is 6.30. The molecule has 0 aliphatic carbocycles. The molecule has 0 saturated heterocycles. The third kappa shape index (κ3) is 4.01. The number of nitrogens with one attached hydrogen (secondary N) is 1. The van der Waals surface area contributed by atoms with E-state index in [1.165, 1.54) is 0 Å². The van der Waals surface area contributed by atoms with Gasteiger partial charge in [0.05, 0.1) is 5.71 Å². The minimum Gasteiger partial charge on any atom is -0.390 e. The van der Waals surface area contributed by atoms with E-state index >= 15 is 0 Å². The monoisotopic (exact) mass is 334 g/mol. The van der Waals surface area contributed by atoms with Crippen LogP contribution in [-0.2, 0) is 11.4 Å². The van der Waals surface area contributed by atoms with Crippen molar-refractivity contribution < 1.29 is 4.84 Å². The fourth-order valence-electron chi connectivity index (χ4n) is 2.38. The van der Waals surface area contributed by atoms with E-state index in [2.05, 4.69) is 10.5 Å². The first kappa shape index (κ1) is 15.3. The van der Waals surface area contributed by atoms with Crippen molar-refractivity contribution in [1.29, 1.82) is 0 Å². The molecule has 0 bridgehead atoms. The molecule has 0 unspecified atom stereocenters. The number of hydrogen-bond acceptors (Lipinski definition) is 3. The molecular weight excluding hydrogens is 319 g/mol. The summed E-state index contributed by atoms with van der Waals surface area (Å²) in [6.07, 6.45) is 0.856. The molecule has 0 fully saturated rings. The topological polar surface area (TPSA) is 33.6 Å². The summed E-state index contributed by atoms with van der Waals surface area (Å²) in [4.78, 5) is 5.48.